The van der Waals surface area contributed by atoms with E-state index in [1.807, 2.05) is 12.1 Å². The number of hydrazone groups is 1. The van der Waals surface area contributed by atoms with Crippen LogP contribution in [0, 0.1) is 0 Å². The number of carbonyl (C=O) groups excluding carboxylic acids is 1. The number of halogens is 3. The van der Waals surface area contributed by atoms with Gasteiger partial charge in [0, 0.05) is 5.02 Å². The van der Waals surface area contributed by atoms with Gasteiger partial charge in [-0.3, -0.25) is 4.79 Å². The van der Waals surface area contributed by atoms with Crippen molar-refractivity contribution < 1.29 is 4.79 Å². The van der Waals surface area contributed by atoms with Crippen molar-refractivity contribution in [1.29, 1.82) is 0 Å². The van der Waals surface area contributed by atoms with Crippen LogP contribution in [0.3, 0.4) is 0 Å². The highest BCUT2D eigenvalue weighted by atomic mass is 35.5. The van der Waals surface area contributed by atoms with Crippen molar-refractivity contribution in [3.05, 3.63) is 68.7 Å². The van der Waals surface area contributed by atoms with Crippen LogP contribution in [0.1, 0.15) is 30.9 Å². The molecular weight excluding hydrogens is 367 g/mol. The summed E-state index contributed by atoms with van der Waals surface area (Å²) in [4.78, 5) is 12.1. The lowest BCUT2D eigenvalue weighted by molar-refractivity contribution is -0.120. The standard InChI is InChI=1S/C18H17Cl3N2O/c1-2-3-17(13-5-7-14(19)8-6-13)22-23-18(24)11-12-4-9-15(20)16(21)10-12/h4-10H,2-3,11H2,1H3,(H,23,24)/b22-17+. The summed E-state index contributed by atoms with van der Waals surface area (Å²) in [6, 6.07) is 12.5. The minimum atomic E-state index is -0.212. The predicted octanol–water partition coefficient (Wildman–Crippen LogP) is 5.51. The zero-order chi connectivity index (χ0) is 17.5. The molecule has 0 unspecified atom stereocenters. The fraction of sp³-hybridized carbons (Fsp3) is 0.222. The maximum Gasteiger partial charge on any atom is 0.244 e. The predicted molar refractivity (Wildman–Crippen MR) is 101 cm³/mol. The number of nitrogens with zero attached hydrogens (tertiary/aromatic N) is 1. The van der Waals surface area contributed by atoms with Gasteiger partial charge in [-0.15, -0.1) is 0 Å². The first-order valence-corrected chi connectivity index (χ1v) is 8.68. The maximum atomic E-state index is 12.1. The highest BCUT2D eigenvalue weighted by Crippen LogP contribution is 2.22. The van der Waals surface area contributed by atoms with Crippen LogP contribution in [-0.2, 0) is 11.2 Å². The number of hydrogen-bond acceptors (Lipinski definition) is 2. The molecule has 0 spiro atoms. The van der Waals surface area contributed by atoms with Gasteiger partial charge in [0.2, 0.25) is 5.91 Å². The highest BCUT2D eigenvalue weighted by Gasteiger charge is 2.07. The third-order valence-corrected chi connectivity index (χ3v) is 4.32. The van der Waals surface area contributed by atoms with E-state index in [0.717, 1.165) is 29.7 Å². The van der Waals surface area contributed by atoms with Gasteiger partial charge in [-0.25, -0.2) is 5.43 Å². The van der Waals surface area contributed by atoms with Crippen LogP contribution in [0.5, 0.6) is 0 Å². The van der Waals surface area contributed by atoms with Crippen LogP contribution in [0.2, 0.25) is 15.1 Å². The van der Waals surface area contributed by atoms with Gasteiger partial charge in [-0.05, 0) is 41.8 Å². The molecule has 0 fully saturated rings. The summed E-state index contributed by atoms with van der Waals surface area (Å²) in [7, 11) is 0. The molecule has 2 aromatic carbocycles. The summed E-state index contributed by atoms with van der Waals surface area (Å²) in [6.07, 6.45) is 1.86. The second-order valence-electron chi connectivity index (χ2n) is 5.28. The zero-order valence-electron chi connectivity index (χ0n) is 13.2. The third kappa shape index (κ3) is 5.52. The molecule has 126 valence electrons. The molecular formula is C18H17Cl3N2O. The van der Waals surface area contributed by atoms with Crippen LogP contribution in [0.15, 0.2) is 47.6 Å². The smallest absolute Gasteiger partial charge is 0.244 e. The number of benzene rings is 2. The van der Waals surface area contributed by atoms with Crippen LogP contribution in [0.4, 0.5) is 0 Å². The summed E-state index contributed by atoms with van der Waals surface area (Å²) in [5, 5.41) is 5.82. The zero-order valence-corrected chi connectivity index (χ0v) is 15.4. The molecule has 0 aliphatic rings. The molecule has 0 saturated carbocycles. The Morgan fingerprint density at radius 1 is 1.04 bits per heavy atom. The van der Waals surface area contributed by atoms with E-state index in [0.29, 0.717) is 15.1 Å². The summed E-state index contributed by atoms with van der Waals surface area (Å²) in [6.45, 7) is 2.06. The first kappa shape index (κ1) is 18.8. The first-order chi connectivity index (χ1) is 11.5. The second-order valence-corrected chi connectivity index (χ2v) is 6.53. The molecule has 0 aromatic heterocycles. The number of nitrogens with one attached hydrogen (secondary N) is 1. The topological polar surface area (TPSA) is 41.5 Å². The Morgan fingerprint density at radius 2 is 1.75 bits per heavy atom. The van der Waals surface area contributed by atoms with E-state index in [4.69, 9.17) is 34.8 Å². The van der Waals surface area contributed by atoms with Crippen molar-refractivity contribution in [2.75, 3.05) is 0 Å². The number of amides is 1. The molecule has 0 aliphatic heterocycles. The first-order valence-electron chi connectivity index (χ1n) is 7.55. The SMILES string of the molecule is CCC/C(=N\NC(=O)Cc1ccc(Cl)c(Cl)c1)c1ccc(Cl)cc1. The Kier molecular flexibility index (Phi) is 7.10. The molecule has 0 aliphatic carbocycles. The van der Waals surface area contributed by atoms with Crippen molar-refractivity contribution in [2.45, 2.75) is 26.2 Å². The van der Waals surface area contributed by atoms with Gasteiger partial charge in [0.25, 0.3) is 0 Å². The lowest BCUT2D eigenvalue weighted by Gasteiger charge is -2.07. The van der Waals surface area contributed by atoms with Gasteiger partial charge >= 0.3 is 0 Å². The Balaban J connectivity index is 2.06. The van der Waals surface area contributed by atoms with Crippen LogP contribution >= 0.6 is 34.8 Å². The summed E-state index contributed by atoms with van der Waals surface area (Å²) < 4.78 is 0. The Hall–Kier alpha value is -1.55. The average Bonchev–Trinajstić information content (AvgIpc) is 2.56. The van der Waals surface area contributed by atoms with Crippen molar-refractivity contribution >= 4 is 46.4 Å². The molecule has 2 rings (SSSR count). The number of carbonyl (C=O) groups is 1. The van der Waals surface area contributed by atoms with Crippen LogP contribution in [0.25, 0.3) is 0 Å². The quantitative estimate of drug-likeness (QED) is 0.518. The Labute approximate surface area is 156 Å². The van der Waals surface area contributed by atoms with Gasteiger partial charge in [0.15, 0.2) is 0 Å². The molecule has 1 amide bonds. The molecule has 1 N–H and O–H groups in total. The summed E-state index contributed by atoms with van der Waals surface area (Å²) in [5.41, 5.74) is 5.14. The summed E-state index contributed by atoms with van der Waals surface area (Å²) >= 11 is 17.7. The Bertz CT molecular complexity index is 742. The maximum absolute atomic E-state index is 12.1. The molecule has 2 aromatic rings. The molecule has 3 nitrogen and oxygen atoms in total. The molecule has 0 atom stereocenters. The summed E-state index contributed by atoms with van der Waals surface area (Å²) in [5.74, 6) is -0.212. The largest absolute Gasteiger partial charge is 0.273 e. The normalized spacial score (nSPS) is 11.4. The Morgan fingerprint density at radius 3 is 2.38 bits per heavy atom. The molecule has 6 heteroatoms. The van der Waals surface area contributed by atoms with Crippen molar-refractivity contribution in [3.8, 4) is 0 Å². The molecule has 24 heavy (non-hydrogen) atoms. The van der Waals surface area contributed by atoms with Crippen molar-refractivity contribution in [2.24, 2.45) is 5.10 Å². The van der Waals surface area contributed by atoms with Crippen molar-refractivity contribution in [3.63, 3.8) is 0 Å². The fourth-order valence-electron chi connectivity index (χ4n) is 2.15. The van der Waals surface area contributed by atoms with E-state index in [1.165, 1.54) is 0 Å². The number of rotatable bonds is 6. The van der Waals surface area contributed by atoms with Gasteiger partial charge in [0.1, 0.15) is 0 Å². The monoisotopic (exact) mass is 382 g/mol. The second kappa shape index (κ2) is 9.07. The van der Waals surface area contributed by atoms with E-state index in [9.17, 15) is 4.79 Å². The highest BCUT2D eigenvalue weighted by molar-refractivity contribution is 6.42. The van der Waals surface area contributed by atoms with Gasteiger partial charge < -0.3 is 0 Å². The minimum absolute atomic E-state index is 0.181. The van der Waals surface area contributed by atoms with E-state index in [-0.39, 0.29) is 12.3 Å². The minimum Gasteiger partial charge on any atom is -0.273 e. The lowest BCUT2D eigenvalue weighted by Crippen LogP contribution is -2.22. The lowest BCUT2D eigenvalue weighted by atomic mass is 10.1. The molecule has 0 heterocycles. The molecule has 0 radical (unpaired) electrons. The van der Waals surface area contributed by atoms with E-state index >= 15 is 0 Å². The van der Waals surface area contributed by atoms with Gasteiger partial charge in [0.05, 0.1) is 22.2 Å². The van der Waals surface area contributed by atoms with Gasteiger partial charge in [-0.2, -0.15) is 5.10 Å². The van der Waals surface area contributed by atoms with E-state index in [1.54, 1.807) is 30.3 Å². The molecule has 0 bridgehead atoms. The van der Waals surface area contributed by atoms with E-state index < -0.39 is 0 Å². The van der Waals surface area contributed by atoms with Gasteiger partial charge in [-0.1, -0.05) is 66.3 Å². The fourth-order valence-corrected chi connectivity index (χ4v) is 2.59. The van der Waals surface area contributed by atoms with Crippen LogP contribution in [-0.4, -0.2) is 11.6 Å². The third-order valence-electron chi connectivity index (χ3n) is 3.33. The average molecular weight is 384 g/mol. The van der Waals surface area contributed by atoms with Crippen molar-refractivity contribution in [1.82, 2.24) is 5.43 Å². The van der Waals surface area contributed by atoms with Crippen LogP contribution < -0.4 is 5.43 Å². The van der Waals surface area contributed by atoms with E-state index in [2.05, 4.69) is 17.5 Å². The molecule has 0 saturated heterocycles. The number of hydrogen-bond donors (Lipinski definition) is 1.